The van der Waals surface area contributed by atoms with Gasteiger partial charge >= 0.3 is 0 Å². The lowest BCUT2D eigenvalue weighted by molar-refractivity contribution is 0.0700. The molecule has 0 spiro atoms. The predicted molar refractivity (Wildman–Crippen MR) is 89.3 cm³/mol. The van der Waals surface area contributed by atoms with Crippen molar-refractivity contribution in [1.82, 2.24) is 10.2 Å². The Balaban J connectivity index is 1.93. The minimum atomic E-state index is 0.194. The maximum Gasteiger partial charge on any atom is 0.0477 e. The van der Waals surface area contributed by atoms with Crippen molar-refractivity contribution >= 4 is 0 Å². The highest BCUT2D eigenvalue weighted by molar-refractivity contribution is 5.26. The second-order valence-electron chi connectivity index (χ2n) is 8.71. The molecular formula is C19H30N2. The summed E-state index contributed by atoms with van der Waals surface area (Å²) in [6.45, 7) is 16.5. The molecule has 0 radical (unpaired) electrons. The van der Waals surface area contributed by atoms with E-state index >= 15 is 0 Å². The molecule has 1 unspecified atom stereocenters. The van der Waals surface area contributed by atoms with Crippen LogP contribution in [0.5, 0.6) is 0 Å². The molecule has 0 bridgehead atoms. The first-order valence-corrected chi connectivity index (χ1v) is 8.22. The molecule has 21 heavy (non-hydrogen) atoms. The molecular weight excluding hydrogens is 256 g/mol. The summed E-state index contributed by atoms with van der Waals surface area (Å²) in [5, 5.41) is 3.73. The second-order valence-corrected chi connectivity index (χ2v) is 8.71. The van der Waals surface area contributed by atoms with Gasteiger partial charge in [-0.3, -0.25) is 4.90 Å². The average molecular weight is 286 g/mol. The number of nitrogens with zero attached hydrogens (tertiary/aromatic N) is 1. The van der Waals surface area contributed by atoms with Gasteiger partial charge in [0, 0.05) is 30.7 Å². The van der Waals surface area contributed by atoms with Gasteiger partial charge in [0.15, 0.2) is 0 Å². The fraction of sp³-hybridized carbons (Fsp3) is 0.684. The van der Waals surface area contributed by atoms with Gasteiger partial charge < -0.3 is 5.32 Å². The van der Waals surface area contributed by atoms with Gasteiger partial charge in [0.25, 0.3) is 0 Å². The Morgan fingerprint density at radius 3 is 2.05 bits per heavy atom. The Hall–Kier alpha value is -0.860. The third kappa shape index (κ3) is 2.33. The zero-order valence-electron chi connectivity index (χ0n) is 14.4. The smallest absolute Gasteiger partial charge is 0.0477 e. The molecule has 1 aromatic carbocycles. The molecule has 1 aliphatic carbocycles. The van der Waals surface area contributed by atoms with Gasteiger partial charge in [0.1, 0.15) is 0 Å². The lowest BCUT2D eigenvalue weighted by Gasteiger charge is -2.46. The van der Waals surface area contributed by atoms with E-state index in [0.717, 1.165) is 13.1 Å². The Bertz CT molecular complexity index is 502. The van der Waals surface area contributed by atoms with E-state index in [4.69, 9.17) is 0 Å². The van der Waals surface area contributed by atoms with Crippen LogP contribution in [-0.2, 0) is 0 Å². The van der Waals surface area contributed by atoms with Crippen molar-refractivity contribution in [1.29, 1.82) is 0 Å². The van der Waals surface area contributed by atoms with Crippen molar-refractivity contribution < 1.29 is 0 Å². The number of nitrogens with one attached hydrogen (secondary N) is 1. The Labute approximate surface area is 129 Å². The third-order valence-electron chi connectivity index (χ3n) is 6.21. The van der Waals surface area contributed by atoms with Crippen LogP contribution >= 0.6 is 0 Å². The minimum Gasteiger partial charge on any atom is -0.309 e. The molecule has 1 aliphatic heterocycles. The van der Waals surface area contributed by atoms with Crippen LogP contribution in [0.15, 0.2) is 30.3 Å². The van der Waals surface area contributed by atoms with Crippen LogP contribution in [-0.4, -0.2) is 29.6 Å². The van der Waals surface area contributed by atoms with E-state index in [2.05, 4.69) is 82.1 Å². The molecule has 1 aromatic rings. The van der Waals surface area contributed by atoms with E-state index < -0.39 is 0 Å². The summed E-state index contributed by atoms with van der Waals surface area (Å²) < 4.78 is 0. The largest absolute Gasteiger partial charge is 0.309 e. The fourth-order valence-electron chi connectivity index (χ4n) is 4.36. The molecule has 2 heteroatoms. The summed E-state index contributed by atoms with van der Waals surface area (Å²) in [5.74, 6) is 0. The summed E-state index contributed by atoms with van der Waals surface area (Å²) in [4.78, 5) is 2.77. The first-order chi connectivity index (χ1) is 9.67. The first kappa shape index (κ1) is 15.1. The van der Waals surface area contributed by atoms with Crippen molar-refractivity contribution in [3.05, 3.63) is 35.9 Å². The highest BCUT2D eigenvalue weighted by Crippen LogP contribution is 2.66. The van der Waals surface area contributed by atoms with Crippen molar-refractivity contribution in [2.45, 2.75) is 59.2 Å². The van der Waals surface area contributed by atoms with E-state index in [0.29, 0.717) is 22.9 Å². The maximum atomic E-state index is 3.73. The summed E-state index contributed by atoms with van der Waals surface area (Å²) in [7, 11) is 0. The number of hydrogen-bond donors (Lipinski definition) is 1. The predicted octanol–water partition coefficient (Wildman–Crippen LogP) is 3.85. The van der Waals surface area contributed by atoms with Crippen LogP contribution < -0.4 is 5.32 Å². The van der Waals surface area contributed by atoms with E-state index in [-0.39, 0.29) is 5.54 Å². The van der Waals surface area contributed by atoms with Gasteiger partial charge in [-0.05, 0) is 30.2 Å². The van der Waals surface area contributed by atoms with E-state index in [1.165, 1.54) is 5.56 Å². The summed E-state index contributed by atoms with van der Waals surface area (Å²) in [5.41, 5.74) is 2.43. The SMILES string of the molecule is CC1(C)CN(C2C(C)(C)C2(C)C)C(c2ccccc2)CN1. The molecule has 0 amide bonds. The van der Waals surface area contributed by atoms with Gasteiger partial charge in [0.2, 0.25) is 0 Å². The molecule has 3 rings (SSSR count). The van der Waals surface area contributed by atoms with E-state index in [1.54, 1.807) is 0 Å². The van der Waals surface area contributed by atoms with Gasteiger partial charge in [-0.1, -0.05) is 58.0 Å². The molecule has 2 aliphatic rings. The normalized spacial score (nSPS) is 31.0. The van der Waals surface area contributed by atoms with Crippen LogP contribution in [0.2, 0.25) is 0 Å². The minimum absolute atomic E-state index is 0.194. The van der Waals surface area contributed by atoms with Crippen molar-refractivity contribution in [2.75, 3.05) is 13.1 Å². The molecule has 1 N–H and O–H groups in total. The number of benzene rings is 1. The van der Waals surface area contributed by atoms with Crippen molar-refractivity contribution in [2.24, 2.45) is 10.8 Å². The van der Waals surface area contributed by atoms with Crippen LogP contribution in [0.4, 0.5) is 0 Å². The lowest BCUT2D eigenvalue weighted by atomic mass is 9.94. The fourth-order valence-corrected chi connectivity index (χ4v) is 4.36. The molecule has 2 nitrogen and oxygen atoms in total. The quantitative estimate of drug-likeness (QED) is 0.888. The van der Waals surface area contributed by atoms with Gasteiger partial charge in [-0.15, -0.1) is 0 Å². The highest BCUT2D eigenvalue weighted by atomic mass is 15.3. The third-order valence-corrected chi connectivity index (χ3v) is 6.21. The van der Waals surface area contributed by atoms with Gasteiger partial charge in [-0.2, -0.15) is 0 Å². The summed E-state index contributed by atoms with van der Waals surface area (Å²) in [6.07, 6.45) is 0. The van der Waals surface area contributed by atoms with Crippen LogP contribution in [0.1, 0.15) is 53.1 Å². The Kier molecular flexibility index (Phi) is 3.27. The van der Waals surface area contributed by atoms with Crippen molar-refractivity contribution in [3.63, 3.8) is 0 Å². The maximum absolute atomic E-state index is 3.73. The summed E-state index contributed by atoms with van der Waals surface area (Å²) >= 11 is 0. The summed E-state index contributed by atoms with van der Waals surface area (Å²) in [6, 6.07) is 12.1. The molecule has 2 fully saturated rings. The van der Waals surface area contributed by atoms with Crippen LogP contribution in [0.3, 0.4) is 0 Å². The second kappa shape index (κ2) is 4.57. The van der Waals surface area contributed by atoms with Crippen molar-refractivity contribution in [3.8, 4) is 0 Å². The zero-order valence-corrected chi connectivity index (χ0v) is 14.4. The number of hydrogen-bond acceptors (Lipinski definition) is 2. The van der Waals surface area contributed by atoms with Crippen LogP contribution in [0.25, 0.3) is 0 Å². The van der Waals surface area contributed by atoms with Gasteiger partial charge in [0.05, 0.1) is 0 Å². The zero-order chi connectivity index (χ0) is 15.5. The molecule has 1 atom stereocenters. The topological polar surface area (TPSA) is 15.3 Å². The molecule has 1 heterocycles. The standard InChI is InChI=1S/C19H30N2/c1-17(2)13-21(16-18(3,4)19(16,5)6)15(12-20-17)14-10-8-7-9-11-14/h7-11,15-16,20H,12-13H2,1-6H3. The Morgan fingerprint density at radius 1 is 0.952 bits per heavy atom. The first-order valence-electron chi connectivity index (χ1n) is 8.22. The molecule has 0 aromatic heterocycles. The average Bonchev–Trinajstić information content (AvgIpc) is 2.79. The van der Waals surface area contributed by atoms with E-state index in [9.17, 15) is 0 Å². The monoisotopic (exact) mass is 286 g/mol. The van der Waals surface area contributed by atoms with Gasteiger partial charge in [-0.25, -0.2) is 0 Å². The highest BCUT2D eigenvalue weighted by Gasteiger charge is 2.68. The lowest BCUT2D eigenvalue weighted by Crippen LogP contribution is -2.59. The van der Waals surface area contributed by atoms with Crippen LogP contribution in [0, 0.1) is 10.8 Å². The number of rotatable bonds is 2. The van der Waals surface area contributed by atoms with E-state index in [1.807, 2.05) is 0 Å². The Morgan fingerprint density at radius 2 is 1.52 bits per heavy atom. The molecule has 116 valence electrons. The molecule has 1 saturated heterocycles. The molecule has 1 saturated carbocycles. The number of piperazine rings is 1.